The van der Waals surface area contributed by atoms with E-state index in [1.165, 1.54) is 4.68 Å². The van der Waals surface area contributed by atoms with Crippen LogP contribution in [0, 0.1) is 2.88 Å². The van der Waals surface area contributed by atoms with Gasteiger partial charge in [-0.05, 0) is 44.6 Å². The van der Waals surface area contributed by atoms with Gasteiger partial charge in [0.25, 0.3) is 0 Å². The van der Waals surface area contributed by atoms with Gasteiger partial charge in [0.15, 0.2) is 4.60 Å². The first kappa shape index (κ1) is 11.2. The number of aryl methyl sites for hydroxylation is 1. The van der Waals surface area contributed by atoms with Crippen molar-refractivity contribution in [3.63, 3.8) is 0 Å². The third-order valence-electron chi connectivity index (χ3n) is 1.83. The molecule has 7 heteroatoms. The number of nitrogens with zero attached hydrogens (tertiary/aromatic N) is 3. The fourth-order valence-corrected chi connectivity index (χ4v) is 2.97. The molecule has 0 saturated carbocycles. The van der Waals surface area contributed by atoms with E-state index < -0.39 is 0 Å². The molecule has 0 spiro atoms. The van der Waals surface area contributed by atoms with Crippen LogP contribution in [0.25, 0.3) is 0 Å². The minimum atomic E-state index is -0.0615. The summed E-state index contributed by atoms with van der Waals surface area (Å²) in [6, 6.07) is 1.85. The summed E-state index contributed by atoms with van der Waals surface area (Å²) < 4.78 is 3.04. The molecule has 0 aromatic carbocycles. The van der Waals surface area contributed by atoms with Gasteiger partial charge in [0.2, 0.25) is 5.78 Å². The number of hydrogen-bond donors (Lipinski definition) is 0. The molecule has 0 fully saturated rings. The molecule has 0 aliphatic rings. The Balaban J connectivity index is 2.45. The highest BCUT2D eigenvalue weighted by molar-refractivity contribution is 14.1. The number of hydrogen-bond acceptors (Lipinski definition) is 4. The van der Waals surface area contributed by atoms with Crippen LogP contribution in [-0.2, 0) is 7.05 Å². The molecular formula is C8H5BrIN3OS. The molecule has 0 atom stereocenters. The first-order chi connectivity index (χ1) is 7.09. The van der Waals surface area contributed by atoms with Crippen LogP contribution in [0.3, 0.4) is 0 Å². The van der Waals surface area contributed by atoms with Crippen molar-refractivity contribution in [3.8, 4) is 0 Å². The van der Waals surface area contributed by atoms with Crippen molar-refractivity contribution in [3.05, 3.63) is 30.2 Å². The maximum atomic E-state index is 12.0. The normalized spacial score (nSPS) is 10.6. The van der Waals surface area contributed by atoms with E-state index in [1.807, 2.05) is 11.4 Å². The summed E-state index contributed by atoms with van der Waals surface area (Å²) in [4.78, 5) is 12.0. The SMILES string of the molecule is Cn1nnc(Br)c1C(=O)c1csc(I)c1. The lowest BCUT2D eigenvalue weighted by molar-refractivity contribution is 0.103. The zero-order valence-electron chi connectivity index (χ0n) is 7.57. The molecule has 0 aliphatic carbocycles. The second-order valence-electron chi connectivity index (χ2n) is 2.82. The third-order valence-corrected chi connectivity index (χ3v) is 4.15. The van der Waals surface area contributed by atoms with Crippen LogP contribution in [0.4, 0.5) is 0 Å². The van der Waals surface area contributed by atoms with E-state index in [9.17, 15) is 4.79 Å². The van der Waals surface area contributed by atoms with Crippen molar-refractivity contribution in [1.82, 2.24) is 15.0 Å². The van der Waals surface area contributed by atoms with E-state index in [-0.39, 0.29) is 5.78 Å². The van der Waals surface area contributed by atoms with Gasteiger partial charge in [0.05, 0.1) is 2.88 Å². The molecule has 2 heterocycles. The first-order valence-corrected chi connectivity index (χ1v) is 6.68. The molecule has 2 aromatic heterocycles. The Labute approximate surface area is 112 Å². The summed E-state index contributed by atoms with van der Waals surface area (Å²) in [5, 5.41) is 9.39. The fourth-order valence-electron chi connectivity index (χ4n) is 1.14. The van der Waals surface area contributed by atoms with Crippen molar-refractivity contribution in [1.29, 1.82) is 0 Å². The lowest BCUT2D eigenvalue weighted by atomic mass is 10.2. The molecule has 0 radical (unpaired) electrons. The van der Waals surface area contributed by atoms with Gasteiger partial charge in [-0.25, -0.2) is 4.68 Å². The van der Waals surface area contributed by atoms with Crippen LogP contribution < -0.4 is 0 Å². The molecule has 0 unspecified atom stereocenters. The van der Waals surface area contributed by atoms with Gasteiger partial charge >= 0.3 is 0 Å². The maximum Gasteiger partial charge on any atom is 0.214 e. The number of aromatic nitrogens is 3. The lowest BCUT2D eigenvalue weighted by Crippen LogP contribution is -2.07. The third kappa shape index (κ3) is 2.13. The molecule has 0 amide bonds. The Bertz CT molecular complexity index is 502. The number of halogens is 2. The Morgan fingerprint density at radius 2 is 2.40 bits per heavy atom. The van der Waals surface area contributed by atoms with E-state index in [0.29, 0.717) is 15.9 Å². The predicted molar refractivity (Wildman–Crippen MR) is 69.2 cm³/mol. The molecule has 15 heavy (non-hydrogen) atoms. The molecule has 0 saturated heterocycles. The van der Waals surface area contributed by atoms with Crippen LogP contribution in [0.15, 0.2) is 16.0 Å². The standard InChI is InChI=1S/C8H5BrIN3OS/c1-13-6(8(9)11-12-13)7(14)4-2-5(10)15-3-4/h2-3H,1H3. The Morgan fingerprint density at radius 1 is 1.67 bits per heavy atom. The van der Waals surface area contributed by atoms with Crippen LogP contribution in [0.1, 0.15) is 16.1 Å². The summed E-state index contributed by atoms with van der Waals surface area (Å²) in [6.07, 6.45) is 0. The van der Waals surface area contributed by atoms with Crippen LogP contribution in [0.2, 0.25) is 0 Å². The highest BCUT2D eigenvalue weighted by Gasteiger charge is 2.19. The zero-order chi connectivity index (χ0) is 11.0. The molecule has 0 bridgehead atoms. The molecule has 4 nitrogen and oxygen atoms in total. The quantitative estimate of drug-likeness (QED) is 0.577. The van der Waals surface area contributed by atoms with Gasteiger partial charge in [-0.2, -0.15) is 0 Å². The second kappa shape index (κ2) is 4.30. The fraction of sp³-hybridized carbons (Fsp3) is 0.125. The number of carbonyl (C=O) groups excluding carboxylic acids is 1. The van der Waals surface area contributed by atoms with Crippen molar-refractivity contribution < 1.29 is 4.79 Å². The molecule has 78 valence electrons. The minimum absolute atomic E-state index is 0.0615. The highest BCUT2D eigenvalue weighted by Crippen LogP contribution is 2.21. The summed E-state index contributed by atoms with van der Waals surface area (Å²) >= 11 is 6.94. The second-order valence-corrected chi connectivity index (χ2v) is 6.38. The maximum absolute atomic E-state index is 12.0. The minimum Gasteiger partial charge on any atom is -0.287 e. The Kier molecular flexibility index (Phi) is 3.21. The number of ketones is 1. The monoisotopic (exact) mass is 397 g/mol. The van der Waals surface area contributed by atoms with E-state index in [0.717, 1.165) is 2.88 Å². The smallest absolute Gasteiger partial charge is 0.214 e. The van der Waals surface area contributed by atoms with Crippen LogP contribution in [-0.4, -0.2) is 20.8 Å². The topological polar surface area (TPSA) is 47.8 Å². The van der Waals surface area contributed by atoms with E-state index in [1.54, 1.807) is 18.4 Å². The van der Waals surface area contributed by atoms with Gasteiger partial charge in [0, 0.05) is 18.0 Å². The molecule has 0 N–H and O–H groups in total. The zero-order valence-corrected chi connectivity index (χ0v) is 12.1. The van der Waals surface area contributed by atoms with Crippen molar-refractivity contribution in [2.45, 2.75) is 0 Å². The van der Waals surface area contributed by atoms with E-state index in [4.69, 9.17) is 0 Å². The first-order valence-electron chi connectivity index (χ1n) is 3.93. The van der Waals surface area contributed by atoms with Gasteiger partial charge in [0.1, 0.15) is 5.69 Å². The highest BCUT2D eigenvalue weighted by atomic mass is 127. The van der Waals surface area contributed by atoms with Gasteiger partial charge < -0.3 is 0 Å². The van der Waals surface area contributed by atoms with Crippen LogP contribution >= 0.6 is 49.9 Å². The molecule has 0 aliphatic heterocycles. The van der Waals surface area contributed by atoms with Crippen LogP contribution in [0.5, 0.6) is 0 Å². The summed E-state index contributed by atoms with van der Waals surface area (Å²) in [7, 11) is 1.70. The largest absolute Gasteiger partial charge is 0.287 e. The Morgan fingerprint density at radius 3 is 2.87 bits per heavy atom. The van der Waals surface area contributed by atoms with Gasteiger partial charge in [-0.15, -0.1) is 16.4 Å². The lowest BCUT2D eigenvalue weighted by Gasteiger charge is -1.97. The average molecular weight is 398 g/mol. The average Bonchev–Trinajstić information content (AvgIpc) is 2.73. The summed E-state index contributed by atoms with van der Waals surface area (Å²) in [5.41, 5.74) is 1.15. The number of thiophene rings is 1. The van der Waals surface area contributed by atoms with E-state index in [2.05, 4.69) is 48.8 Å². The predicted octanol–water partition coefficient (Wildman–Crippen LogP) is 2.47. The Hall–Kier alpha value is -0.280. The van der Waals surface area contributed by atoms with Crippen molar-refractivity contribution in [2.75, 3.05) is 0 Å². The number of rotatable bonds is 2. The molecule has 2 aromatic rings. The van der Waals surface area contributed by atoms with Gasteiger partial charge in [-0.1, -0.05) is 5.21 Å². The summed E-state index contributed by atoms with van der Waals surface area (Å²) in [6.45, 7) is 0. The summed E-state index contributed by atoms with van der Waals surface area (Å²) in [5.74, 6) is -0.0615. The molecule has 2 rings (SSSR count). The molecular weight excluding hydrogens is 393 g/mol. The van der Waals surface area contributed by atoms with E-state index >= 15 is 0 Å². The number of carbonyl (C=O) groups is 1. The van der Waals surface area contributed by atoms with Gasteiger partial charge in [-0.3, -0.25) is 4.79 Å². The van der Waals surface area contributed by atoms with Crippen molar-refractivity contribution in [2.24, 2.45) is 7.05 Å². The van der Waals surface area contributed by atoms with Crippen molar-refractivity contribution >= 4 is 55.6 Å².